The number of carbonyl (C=O) groups is 1. The van der Waals surface area contributed by atoms with Crippen molar-refractivity contribution in [3.05, 3.63) is 81.6 Å². The number of benzene rings is 2. The fourth-order valence-corrected chi connectivity index (χ4v) is 3.97. The molecular weight excluding hydrogens is 498 g/mol. The zero-order valence-corrected chi connectivity index (χ0v) is 19.2. The summed E-state index contributed by atoms with van der Waals surface area (Å²) in [6.45, 7) is 1.19. The van der Waals surface area contributed by atoms with Gasteiger partial charge in [-0.3, -0.25) is 0 Å². The number of methoxy groups -OCH3 is 1. The maximum absolute atomic E-state index is 14.1. The van der Waals surface area contributed by atoms with Crippen LogP contribution in [0.25, 0.3) is 0 Å². The number of aliphatic hydroxyl groups is 1. The first kappa shape index (κ1) is 25.6. The lowest BCUT2D eigenvalue weighted by molar-refractivity contribution is -0.274. The Bertz CT molecular complexity index is 1220. The molecule has 0 saturated carbocycles. The van der Waals surface area contributed by atoms with Crippen LogP contribution < -0.4 is 9.47 Å². The van der Waals surface area contributed by atoms with E-state index < -0.39 is 29.2 Å². The van der Waals surface area contributed by atoms with Crippen LogP contribution in [0.15, 0.2) is 54.7 Å². The molecule has 0 aliphatic carbocycles. The Morgan fingerprint density at radius 2 is 1.76 bits per heavy atom. The first-order chi connectivity index (χ1) is 15.9. The van der Waals surface area contributed by atoms with Crippen LogP contribution in [0, 0.1) is 0 Å². The molecule has 0 aliphatic rings. The number of hydrogen-bond donors (Lipinski definition) is 2. The first-order valence-corrected chi connectivity index (χ1v) is 10.4. The van der Waals surface area contributed by atoms with Crippen molar-refractivity contribution in [2.75, 3.05) is 7.11 Å². The van der Waals surface area contributed by atoms with E-state index in [1.807, 2.05) is 0 Å². The summed E-state index contributed by atoms with van der Waals surface area (Å²) in [4.78, 5) is 14.8. The summed E-state index contributed by atoms with van der Waals surface area (Å²) >= 11 is 12.1. The van der Waals surface area contributed by atoms with Crippen LogP contribution in [-0.2, 0) is 5.60 Å². The predicted molar refractivity (Wildman–Crippen MR) is 119 cm³/mol. The van der Waals surface area contributed by atoms with Crippen molar-refractivity contribution in [1.29, 1.82) is 0 Å². The van der Waals surface area contributed by atoms with Crippen LogP contribution in [0.4, 0.5) is 13.2 Å². The van der Waals surface area contributed by atoms with Gasteiger partial charge in [0.2, 0.25) is 0 Å². The van der Waals surface area contributed by atoms with Crippen molar-refractivity contribution >= 4 is 29.2 Å². The van der Waals surface area contributed by atoms with E-state index >= 15 is 0 Å². The summed E-state index contributed by atoms with van der Waals surface area (Å²) in [6, 6.07) is 9.90. The number of alkyl halides is 3. The lowest BCUT2D eigenvalue weighted by Gasteiger charge is -2.37. The molecule has 2 N–H and O–H groups in total. The minimum atomic E-state index is -5.06. The quantitative estimate of drug-likeness (QED) is 0.352. The Hall–Kier alpha value is -3.01. The fraction of sp³-hybridized carbons (Fsp3) is 0.217. The van der Waals surface area contributed by atoms with E-state index in [0.717, 1.165) is 18.3 Å². The number of aromatic carboxylic acids is 1. The summed E-state index contributed by atoms with van der Waals surface area (Å²) in [7, 11) is 1.33. The second-order valence-corrected chi connectivity index (χ2v) is 8.10. The van der Waals surface area contributed by atoms with E-state index in [4.69, 9.17) is 37.8 Å². The molecule has 0 bridgehead atoms. The van der Waals surface area contributed by atoms with Crippen molar-refractivity contribution in [3.8, 4) is 17.2 Å². The van der Waals surface area contributed by atoms with E-state index in [9.17, 15) is 23.1 Å². The molecule has 0 amide bonds. The molecule has 0 spiro atoms. The molecule has 180 valence electrons. The number of rotatable bonds is 7. The zero-order valence-electron chi connectivity index (χ0n) is 17.7. The topological polar surface area (TPSA) is 88.9 Å². The summed E-state index contributed by atoms with van der Waals surface area (Å²) in [5, 5.41) is 19.7. The van der Waals surface area contributed by atoms with Crippen LogP contribution in [0.5, 0.6) is 17.2 Å². The van der Waals surface area contributed by atoms with Gasteiger partial charge in [-0.2, -0.15) is 13.2 Å². The second-order valence-electron chi connectivity index (χ2n) is 7.31. The average Bonchev–Trinajstić information content (AvgIpc) is 2.77. The lowest BCUT2D eigenvalue weighted by Crippen LogP contribution is -2.46. The van der Waals surface area contributed by atoms with Gasteiger partial charge < -0.3 is 19.7 Å². The van der Waals surface area contributed by atoms with Gasteiger partial charge in [-0.25, -0.2) is 9.78 Å². The normalized spacial score (nSPS) is 14.2. The minimum absolute atomic E-state index is 0.00923. The highest BCUT2D eigenvalue weighted by Crippen LogP contribution is 2.50. The van der Waals surface area contributed by atoms with Crippen LogP contribution in [0.2, 0.25) is 10.2 Å². The van der Waals surface area contributed by atoms with E-state index in [1.165, 1.54) is 50.4 Å². The Morgan fingerprint density at radius 1 is 1.06 bits per heavy atom. The van der Waals surface area contributed by atoms with Gasteiger partial charge in [0, 0.05) is 17.1 Å². The third-order valence-corrected chi connectivity index (χ3v) is 5.84. The highest BCUT2D eigenvalue weighted by Gasteiger charge is 2.59. The zero-order chi connectivity index (χ0) is 25.3. The number of nitrogens with zero attached hydrogens (tertiary/aromatic N) is 1. The van der Waals surface area contributed by atoms with Gasteiger partial charge in [-0.05, 0) is 53.6 Å². The average molecular weight is 516 g/mol. The summed E-state index contributed by atoms with van der Waals surface area (Å²) in [6.07, 6.45) is -3.99. The molecule has 0 fully saturated rings. The molecule has 1 aromatic heterocycles. The molecule has 3 aromatic rings. The van der Waals surface area contributed by atoms with E-state index in [2.05, 4.69) is 4.98 Å². The molecule has 2 aromatic carbocycles. The molecular formula is C23H18Cl2F3NO5. The van der Waals surface area contributed by atoms with Gasteiger partial charge in [0.25, 0.3) is 0 Å². The Labute approximate surface area is 202 Å². The SMILES string of the molecule is COc1cc(C(=O)O)ccc1Oc1ccc(C(C)C(O)(c2ccnc(Cl)c2)C(F)(F)F)c(Cl)c1. The van der Waals surface area contributed by atoms with E-state index in [0.29, 0.717) is 0 Å². The number of pyridine rings is 1. The summed E-state index contributed by atoms with van der Waals surface area (Å²) in [5.74, 6) is -2.22. The van der Waals surface area contributed by atoms with Crippen LogP contribution in [-0.4, -0.2) is 34.5 Å². The van der Waals surface area contributed by atoms with Crippen molar-refractivity contribution in [1.82, 2.24) is 4.98 Å². The smallest absolute Gasteiger partial charge is 0.422 e. The monoisotopic (exact) mass is 515 g/mol. The number of aromatic nitrogens is 1. The molecule has 1 heterocycles. The molecule has 2 atom stereocenters. The molecule has 0 radical (unpaired) electrons. The molecule has 34 heavy (non-hydrogen) atoms. The molecule has 6 nitrogen and oxygen atoms in total. The van der Waals surface area contributed by atoms with Crippen LogP contribution in [0.1, 0.15) is 34.3 Å². The largest absolute Gasteiger partial charge is 0.493 e. The van der Waals surface area contributed by atoms with Gasteiger partial charge >= 0.3 is 12.1 Å². The van der Waals surface area contributed by atoms with Gasteiger partial charge in [-0.1, -0.05) is 36.2 Å². The number of carboxylic acids is 1. The van der Waals surface area contributed by atoms with Crippen molar-refractivity contribution in [3.63, 3.8) is 0 Å². The molecule has 0 saturated heterocycles. The van der Waals surface area contributed by atoms with E-state index in [1.54, 1.807) is 0 Å². The lowest BCUT2D eigenvalue weighted by atomic mass is 9.78. The Balaban J connectivity index is 1.97. The minimum Gasteiger partial charge on any atom is -0.493 e. The number of ether oxygens (including phenoxy) is 2. The third-order valence-electron chi connectivity index (χ3n) is 5.30. The molecule has 0 aliphatic heterocycles. The Morgan fingerprint density at radius 3 is 2.32 bits per heavy atom. The Kier molecular flexibility index (Phi) is 7.30. The maximum Gasteiger partial charge on any atom is 0.422 e. The third kappa shape index (κ3) is 4.91. The van der Waals surface area contributed by atoms with Crippen LogP contribution in [0.3, 0.4) is 0 Å². The van der Waals surface area contributed by atoms with Gasteiger partial charge in [0.15, 0.2) is 17.1 Å². The molecule has 2 unspecified atom stereocenters. The second kappa shape index (κ2) is 9.69. The summed E-state index contributed by atoms with van der Waals surface area (Å²) < 4.78 is 53.1. The van der Waals surface area contributed by atoms with Gasteiger partial charge in [0.05, 0.1) is 12.7 Å². The maximum atomic E-state index is 14.1. The summed E-state index contributed by atoms with van der Waals surface area (Å²) in [5.41, 5.74) is -3.79. The number of hydrogen-bond acceptors (Lipinski definition) is 5. The van der Waals surface area contributed by atoms with Crippen molar-refractivity contribution in [2.45, 2.75) is 24.6 Å². The van der Waals surface area contributed by atoms with Crippen LogP contribution >= 0.6 is 23.2 Å². The van der Waals surface area contributed by atoms with Crippen molar-refractivity contribution in [2.24, 2.45) is 0 Å². The standard InChI is InChI=1S/C23H18Cl2F3NO5/c1-12(22(32,23(26,27)28)14-7-8-29-20(25)10-14)16-5-4-15(11-17(16)24)34-18-6-3-13(21(30)31)9-19(18)33-2/h3-12,32H,1-2H3,(H,30,31). The highest BCUT2D eigenvalue weighted by molar-refractivity contribution is 6.31. The first-order valence-electron chi connectivity index (χ1n) is 9.68. The number of carboxylic acid groups (broad SMARTS) is 1. The van der Waals surface area contributed by atoms with Crippen molar-refractivity contribution < 1.29 is 37.7 Å². The highest BCUT2D eigenvalue weighted by atomic mass is 35.5. The van der Waals surface area contributed by atoms with Gasteiger partial charge in [0.1, 0.15) is 10.9 Å². The predicted octanol–water partition coefficient (Wildman–Crippen LogP) is 6.44. The molecule has 11 heteroatoms. The number of halogens is 5. The fourth-order valence-electron chi connectivity index (χ4n) is 3.46. The molecule has 3 rings (SSSR count). The van der Waals surface area contributed by atoms with Gasteiger partial charge in [-0.15, -0.1) is 0 Å². The van der Waals surface area contributed by atoms with E-state index in [-0.39, 0.29) is 38.6 Å².